The van der Waals surface area contributed by atoms with Crippen molar-refractivity contribution in [1.29, 1.82) is 0 Å². The average Bonchev–Trinajstić information content (AvgIpc) is 2.36. The number of allylic oxidation sites excluding steroid dienone is 2. The van der Waals surface area contributed by atoms with Crippen molar-refractivity contribution >= 4 is 12.0 Å². The fourth-order valence-corrected chi connectivity index (χ4v) is 1.84. The van der Waals surface area contributed by atoms with E-state index in [4.69, 9.17) is 4.74 Å². The zero-order valence-corrected chi connectivity index (χ0v) is 14.2. The van der Waals surface area contributed by atoms with Crippen molar-refractivity contribution in [2.24, 2.45) is 0 Å². The van der Waals surface area contributed by atoms with E-state index < -0.39 is 17.2 Å². The summed E-state index contributed by atoms with van der Waals surface area (Å²) >= 11 is 0. The number of hydrogen-bond donors (Lipinski definition) is 3. The van der Waals surface area contributed by atoms with Crippen molar-refractivity contribution in [2.45, 2.75) is 58.7 Å². The lowest BCUT2D eigenvalue weighted by Gasteiger charge is -2.29. The molecule has 0 saturated carbocycles. The van der Waals surface area contributed by atoms with Crippen LogP contribution in [0, 0.1) is 0 Å². The highest BCUT2D eigenvalue weighted by atomic mass is 16.6. The molecule has 1 atom stereocenters. The van der Waals surface area contributed by atoms with Gasteiger partial charge in [0.25, 0.3) is 0 Å². The molecule has 6 heteroatoms. The summed E-state index contributed by atoms with van der Waals surface area (Å²) < 4.78 is 5.18. The first kappa shape index (κ1) is 18.1. The van der Waals surface area contributed by atoms with Crippen LogP contribution in [0.2, 0.25) is 0 Å². The van der Waals surface area contributed by atoms with Crippen LogP contribution in [0.15, 0.2) is 23.9 Å². The van der Waals surface area contributed by atoms with E-state index in [0.29, 0.717) is 0 Å². The Morgan fingerprint density at radius 2 is 1.91 bits per heavy atom. The Bertz CT molecular complexity index is 487. The van der Waals surface area contributed by atoms with Crippen molar-refractivity contribution in [2.75, 3.05) is 6.54 Å². The maximum absolute atomic E-state index is 12.4. The Morgan fingerprint density at radius 1 is 1.27 bits per heavy atom. The average molecular weight is 309 g/mol. The van der Waals surface area contributed by atoms with Gasteiger partial charge in [-0.1, -0.05) is 12.2 Å². The second kappa shape index (κ2) is 6.85. The molecule has 0 radical (unpaired) electrons. The third-order valence-electron chi connectivity index (χ3n) is 3.03. The van der Waals surface area contributed by atoms with Crippen LogP contribution in [-0.4, -0.2) is 35.7 Å². The van der Waals surface area contributed by atoms with Crippen molar-refractivity contribution in [3.8, 4) is 0 Å². The summed E-state index contributed by atoms with van der Waals surface area (Å²) in [7, 11) is 0. The SMILES string of the molecule is CC(NC(=O)C(C)(C)NC(=O)OC(C)(C)C)C1=CC=CCN1. The lowest BCUT2D eigenvalue weighted by molar-refractivity contribution is -0.126. The Kier molecular flexibility index (Phi) is 5.63. The highest BCUT2D eigenvalue weighted by Crippen LogP contribution is 2.11. The molecule has 6 nitrogen and oxygen atoms in total. The van der Waals surface area contributed by atoms with E-state index in [1.54, 1.807) is 34.6 Å². The quantitative estimate of drug-likeness (QED) is 0.740. The van der Waals surface area contributed by atoms with Gasteiger partial charge in [0.1, 0.15) is 11.1 Å². The summed E-state index contributed by atoms with van der Waals surface area (Å²) in [5.41, 5.74) is -0.738. The standard InChI is InChI=1S/C16H27N3O3/c1-11(12-9-7-8-10-17-12)18-13(20)16(5,6)19-14(21)22-15(2,3)4/h7-9,11,17H,10H2,1-6H3,(H,18,20)(H,19,21). The number of hydrogen-bond acceptors (Lipinski definition) is 4. The minimum atomic E-state index is -1.07. The van der Waals surface area contributed by atoms with Gasteiger partial charge >= 0.3 is 6.09 Å². The molecule has 0 aromatic rings. The van der Waals surface area contributed by atoms with Crippen molar-refractivity contribution in [1.82, 2.24) is 16.0 Å². The van der Waals surface area contributed by atoms with Crippen LogP contribution in [0.5, 0.6) is 0 Å². The second-order valence-corrected chi connectivity index (χ2v) is 6.88. The molecule has 0 aromatic heterocycles. The van der Waals surface area contributed by atoms with Gasteiger partial charge in [-0.25, -0.2) is 4.79 Å². The van der Waals surface area contributed by atoms with Gasteiger partial charge in [-0.3, -0.25) is 4.79 Å². The van der Waals surface area contributed by atoms with Gasteiger partial charge in [-0.15, -0.1) is 0 Å². The summed E-state index contributed by atoms with van der Waals surface area (Å²) in [6.07, 6.45) is 5.24. The number of rotatable bonds is 4. The van der Waals surface area contributed by atoms with Crippen LogP contribution in [0.4, 0.5) is 4.79 Å². The molecule has 1 aliphatic heterocycles. The minimum Gasteiger partial charge on any atom is -0.444 e. The van der Waals surface area contributed by atoms with Crippen LogP contribution >= 0.6 is 0 Å². The first-order chi connectivity index (χ1) is 10.0. The third kappa shape index (κ3) is 5.79. The van der Waals surface area contributed by atoms with Gasteiger partial charge in [0.15, 0.2) is 0 Å². The maximum Gasteiger partial charge on any atom is 0.408 e. The molecular formula is C16H27N3O3. The molecule has 1 heterocycles. The van der Waals surface area contributed by atoms with Crippen molar-refractivity contribution < 1.29 is 14.3 Å². The molecule has 0 bridgehead atoms. The van der Waals surface area contributed by atoms with E-state index >= 15 is 0 Å². The number of ether oxygens (including phenoxy) is 1. The molecule has 1 unspecified atom stereocenters. The van der Waals surface area contributed by atoms with Crippen molar-refractivity contribution in [3.05, 3.63) is 23.9 Å². The summed E-state index contributed by atoms with van der Waals surface area (Å²) in [4.78, 5) is 24.2. The number of carbonyl (C=O) groups excluding carboxylic acids is 2. The molecule has 0 spiro atoms. The molecule has 22 heavy (non-hydrogen) atoms. The van der Waals surface area contributed by atoms with E-state index in [1.807, 2.05) is 25.2 Å². The van der Waals surface area contributed by atoms with E-state index in [-0.39, 0.29) is 11.9 Å². The van der Waals surface area contributed by atoms with Gasteiger partial charge in [0.2, 0.25) is 5.91 Å². The van der Waals surface area contributed by atoms with E-state index in [2.05, 4.69) is 16.0 Å². The lowest BCUT2D eigenvalue weighted by Crippen LogP contribution is -2.57. The molecule has 0 saturated heterocycles. The molecule has 1 rings (SSSR count). The fraction of sp³-hybridized carbons (Fsp3) is 0.625. The molecule has 1 aliphatic rings. The largest absolute Gasteiger partial charge is 0.444 e. The third-order valence-corrected chi connectivity index (χ3v) is 3.03. The summed E-state index contributed by atoms with van der Waals surface area (Å²) in [5, 5.41) is 8.67. The normalized spacial score (nSPS) is 16.2. The van der Waals surface area contributed by atoms with Crippen LogP contribution in [-0.2, 0) is 9.53 Å². The smallest absolute Gasteiger partial charge is 0.408 e. The first-order valence-corrected chi connectivity index (χ1v) is 7.44. The molecule has 3 N–H and O–H groups in total. The van der Waals surface area contributed by atoms with E-state index in [0.717, 1.165) is 12.2 Å². The summed E-state index contributed by atoms with van der Waals surface area (Å²) in [5.74, 6) is -0.275. The maximum atomic E-state index is 12.4. The number of nitrogens with one attached hydrogen (secondary N) is 3. The number of dihydropyridines is 1. The molecule has 0 fully saturated rings. The van der Waals surface area contributed by atoms with Crippen LogP contribution in [0.1, 0.15) is 41.5 Å². The zero-order valence-electron chi connectivity index (χ0n) is 14.2. The first-order valence-electron chi connectivity index (χ1n) is 7.44. The zero-order chi connectivity index (χ0) is 17.0. The summed E-state index contributed by atoms with van der Waals surface area (Å²) in [6.45, 7) is 11.2. The molecule has 0 aromatic carbocycles. The highest BCUT2D eigenvalue weighted by Gasteiger charge is 2.32. The van der Waals surface area contributed by atoms with Gasteiger partial charge in [0, 0.05) is 12.2 Å². The van der Waals surface area contributed by atoms with E-state index in [1.165, 1.54) is 0 Å². The summed E-state index contributed by atoms with van der Waals surface area (Å²) in [6, 6.07) is -0.169. The predicted octanol–water partition coefficient (Wildman–Crippen LogP) is 1.84. The van der Waals surface area contributed by atoms with Gasteiger partial charge in [-0.05, 0) is 47.6 Å². The van der Waals surface area contributed by atoms with Crippen molar-refractivity contribution in [3.63, 3.8) is 0 Å². The Hall–Kier alpha value is -1.98. The second-order valence-electron chi connectivity index (χ2n) is 6.88. The number of amides is 2. The van der Waals surface area contributed by atoms with Crippen LogP contribution in [0.3, 0.4) is 0 Å². The van der Waals surface area contributed by atoms with Gasteiger partial charge < -0.3 is 20.7 Å². The Balaban J connectivity index is 2.60. The molecule has 2 amide bonds. The number of carbonyl (C=O) groups is 2. The predicted molar refractivity (Wildman–Crippen MR) is 86.3 cm³/mol. The van der Waals surface area contributed by atoms with Crippen LogP contribution in [0.25, 0.3) is 0 Å². The Labute approximate surface area is 132 Å². The number of alkyl carbamates (subject to hydrolysis) is 1. The molecule has 124 valence electrons. The lowest BCUT2D eigenvalue weighted by atomic mass is 10.0. The molecule has 0 aliphatic carbocycles. The Morgan fingerprint density at radius 3 is 2.41 bits per heavy atom. The van der Waals surface area contributed by atoms with E-state index in [9.17, 15) is 9.59 Å². The van der Waals surface area contributed by atoms with Gasteiger partial charge in [-0.2, -0.15) is 0 Å². The monoisotopic (exact) mass is 309 g/mol. The fourth-order valence-electron chi connectivity index (χ4n) is 1.84. The van der Waals surface area contributed by atoms with Crippen LogP contribution < -0.4 is 16.0 Å². The topological polar surface area (TPSA) is 79.5 Å². The van der Waals surface area contributed by atoms with Gasteiger partial charge in [0.05, 0.1) is 6.04 Å². The molecular weight excluding hydrogens is 282 g/mol. The highest BCUT2D eigenvalue weighted by molar-refractivity contribution is 5.89. The minimum absolute atomic E-state index is 0.169.